The van der Waals surface area contributed by atoms with Crippen LogP contribution in [0.5, 0.6) is 0 Å². The van der Waals surface area contributed by atoms with Crippen LogP contribution in [0.2, 0.25) is 0 Å². The number of nitrogens with one attached hydrogen (secondary N) is 1. The van der Waals surface area contributed by atoms with Gasteiger partial charge in [-0.05, 0) is 36.8 Å². The Hall–Kier alpha value is -1.58. The topological polar surface area (TPSA) is 38.3 Å². The Morgan fingerprint density at radius 2 is 2.15 bits per heavy atom. The summed E-state index contributed by atoms with van der Waals surface area (Å²) in [6.45, 7) is 2.20. The Labute approximate surface area is 119 Å². The molecule has 1 fully saturated rings. The summed E-state index contributed by atoms with van der Waals surface area (Å²) in [6, 6.07) is 5.96. The molecule has 0 aliphatic heterocycles. The van der Waals surface area contributed by atoms with Crippen LogP contribution in [0.1, 0.15) is 32.6 Å². The van der Waals surface area contributed by atoms with Gasteiger partial charge in [-0.15, -0.1) is 0 Å². The maximum atomic E-state index is 13.7. The molecule has 110 valence electrons. The summed E-state index contributed by atoms with van der Waals surface area (Å²) < 4.78 is 18.6. The summed E-state index contributed by atoms with van der Waals surface area (Å²) in [7, 11) is 1.38. The Bertz CT molecular complexity index is 464. The number of hydrogen-bond acceptors (Lipinski definition) is 3. The van der Waals surface area contributed by atoms with Gasteiger partial charge >= 0.3 is 5.97 Å². The van der Waals surface area contributed by atoms with E-state index in [1.54, 1.807) is 18.2 Å². The second-order valence-corrected chi connectivity index (χ2v) is 5.66. The molecule has 1 N–H and O–H groups in total. The molecule has 2 rings (SSSR count). The van der Waals surface area contributed by atoms with Crippen LogP contribution in [0.15, 0.2) is 24.3 Å². The van der Waals surface area contributed by atoms with E-state index in [0.717, 1.165) is 19.3 Å². The van der Waals surface area contributed by atoms with Crippen molar-refractivity contribution in [2.75, 3.05) is 12.4 Å². The minimum Gasteiger partial charge on any atom is -0.467 e. The average molecular weight is 279 g/mol. The Kier molecular flexibility index (Phi) is 4.99. The summed E-state index contributed by atoms with van der Waals surface area (Å²) in [6.07, 6.45) is 4.26. The average Bonchev–Trinajstić information content (AvgIpc) is 2.45. The van der Waals surface area contributed by atoms with Crippen LogP contribution in [-0.4, -0.2) is 19.1 Å². The van der Waals surface area contributed by atoms with E-state index >= 15 is 0 Å². The van der Waals surface area contributed by atoms with Crippen LogP contribution < -0.4 is 5.32 Å². The molecule has 3 unspecified atom stereocenters. The fourth-order valence-electron chi connectivity index (χ4n) is 3.03. The molecule has 1 aliphatic carbocycles. The summed E-state index contributed by atoms with van der Waals surface area (Å²) in [5, 5.41) is 3.04. The molecule has 0 aromatic heterocycles. The lowest BCUT2D eigenvalue weighted by Crippen LogP contribution is -2.40. The van der Waals surface area contributed by atoms with Gasteiger partial charge < -0.3 is 10.1 Å². The zero-order valence-corrected chi connectivity index (χ0v) is 12.1. The number of esters is 1. The van der Waals surface area contributed by atoms with Gasteiger partial charge in [0.2, 0.25) is 0 Å². The minimum absolute atomic E-state index is 0.200. The van der Waals surface area contributed by atoms with Gasteiger partial charge in [-0.2, -0.15) is 0 Å². The molecule has 3 atom stereocenters. The smallest absolute Gasteiger partial charge is 0.328 e. The van der Waals surface area contributed by atoms with Crippen LogP contribution in [0, 0.1) is 17.7 Å². The molecular formula is C16H22FNO2. The number of methoxy groups -OCH3 is 1. The molecule has 3 nitrogen and oxygen atoms in total. The van der Waals surface area contributed by atoms with Gasteiger partial charge in [0.15, 0.2) is 0 Å². The van der Waals surface area contributed by atoms with Crippen LogP contribution in [-0.2, 0) is 9.53 Å². The van der Waals surface area contributed by atoms with Gasteiger partial charge in [0.1, 0.15) is 11.9 Å². The first-order valence-electron chi connectivity index (χ1n) is 7.20. The third kappa shape index (κ3) is 3.50. The molecule has 1 aliphatic rings. The van der Waals surface area contributed by atoms with Crippen LogP contribution in [0.25, 0.3) is 0 Å². The van der Waals surface area contributed by atoms with E-state index in [1.165, 1.54) is 19.6 Å². The Morgan fingerprint density at radius 3 is 2.80 bits per heavy atom. The second kappa shape index (κ2) is 6.73. The fourth-order valence-corrected chi connectivity index (χ4v) is 3.03. The normalized spacial score (nSPS) is 23.9. The highest BCUT2D eigenvalue weighted by Gasteiger charge is 2.32. The molecule has 0 bridgehead atoms. The fraction of sp³-hybridized carbons (Fsp3) is 0.562. The van der Waals surface area contributed by atoms with Gasteiger partial charge in [-0.25, -0.2) is 9.18 Å². The number of hydrogen-bond donors (Lipinski definition) is 1. The monoisotopic (exact) mass is 279 g/mol. The van der Waals surface area contributed by atoms with Crippen LogP contribution >= 0.6 is 0 Å². The van der Waals surface area contributed by atoms with E-state index in [2.05, 4.69) is 12.2 Å². The number of ether oxygens (including phenoxy) is 1. The van der Waals surface area contributed by atoms with Gasteiger partial charge in [0.25, 0.3) is 0 Å². The molecule has 1 aromatic rings. The number of para-hydroxylation sites is 1. The van der Waals surface area contributed by atoms with Crippen LogP contribution in [0.3, 0.4) is 0 Å². The van der Waals surface area contributed by atoms with Crippen molar-refractivity contribution >= 4 is 11.7 Å². The highest BCUT2D eigenvalue weighted by atomic mass is 19.1. The lowest BCUT2D eigenvalue weighted by molar-refractivity contribution is -0.143. The maximum Gasteiger partial charge on any atom is 0.328 e. The Morgan fingerprint density at radius 1 is 1.40 bits per heavy atom. The molecule has 0 spiro atoms. The van der Waals surface area contributed by atoms with Crippen molar-refractivity contribution in [1.82, 2.24) is 0 Å². The summed E-state index contributed by atoms with van der Waals surface area (Å²) in [5.74, 6) is 0.145. The molecule has 20 heavy (non-hydrogen) atoms. The van der Waals surface area contributed by atoms with E-state index in [1.807, 2.05) is 0 Å². The van der Waals surface area contributed by atoms with E-state index in [-0.39, 0.29) is 17.7 Å². The van der Waals surface area contributed by atoms with Gasteiger partial charge in [0, 0.05) is 0 Å². The van der Waals surface area contributed by atoms with Crippen molar-refractivity contribution in [2.24, 2.45) is 11.8 Å². The quantitative estimate of drug-likeness (QED) is 0.856. The van der Waals surface area contributed by atoms with E-state index < -0.39 is 6.04 Å². The van der Waals surface area contributed by atoms with Crippen molar-refractivity contribution in [3.63, 3.8) is 0 Å². The predicted molar refractivity (Wildman–Crippen MR) is 76.9 cm³/mol. The largest absolute Gasteiger partial charge is 0.467 e. The first-order valence-corrected chi connectivity index (χ1v) is 7.20. The van der Waals surface area contributed by atoms with Crippen molar-refractivity contribution in [2.45, 2.75) is 38.6 Å². The molecule has 0 saturated heterocycles. The lowest BCUT2D eigenvalue weighted by Gasteiger charge is -2.32. The molecule has 0 radical (unpaired) electrons. The number of carbonyl (C=O) groups excluding carboxylic acids is 1. The minimum atomic E-state index is -0.473. The second-order valence-electron chi connectivity index (χ2n) is 5.66. The predicted octanol–water partition coefficient (Wildman–Crippen LogP) is 3.61. The first kappa shape index (κ1) is 14.8. The summed E-state index contributed by atoms with van der Waals surface area (Å²) in [5.41, 5.74) is 0.362. The lowest BCUT2D eigenvalue weighted by atomic mass is 9.78. The van der Waals surface area contributed by atoms with E-state index in [0.29, 0.717) is 11.6 Å². The molecule has 0 amide bonds. The Balaban J connectivity index is 2.15. The molecule has 0 heterocycles. The number of anilines is 1. The van der Waals surface area contributed by atoms with Crippen molar-refractivity contribution in [3.8, 4) is 0 Å². The van der Waals surface area contributed by atoms with Gasteiger partial charge in [0.05, 0.1) is 12.8 Å². The SMILES string of the molecule is COC(=O)C(Nc1ccccc1F)C1CCCC(C)C1. The highest BCUT2D eigenvalue weighted by molar-refractivity contribution is 5.79. The number of benzene rings is 1. The van der Waals surface area contributed by atoms with Crippen molar-refractivity contribution < 1.29 is 13.9 Å². The number of carbonyl (C=O) groups is 1. The standard InChI is InChI=1S/C16H22FNO2/c1-11-6-5-7-12(10-11)15(16(19)20-2)18-14-9-4-3-8-13(14)17/h3-4,8-9,11-12,15,18H,5-7,10H2,1-2H3. The molecule has 4 heteroatoms. The van der Waals surface area contributed by atoms with Crippen molar-refractivity contribution in [1.29, 1.82) is 0 Å². The maximum absolute atomic E-state index is 13.7. The third-order valence-electron chi connectivity index (χ3n) is 4.09. The van der Waals surface area contributed by atoms with E-state index in [4.69, 9.17) is 4.74 Å². The van der Waals surface area contributed by atoms with Gasteiger partial charge in [-0.1, -0.05) is 31.9 Å². The molecule has 1 aromatic carbocycles. The summed E-state index contributed by atoms with van der Waals surface area (Å²) in [4.78, 5) is 12.0. The zero-order valence-electron chi connectivity index (χ0n) is 12.1. The third-order valence-corrected chi connectivity index (χ3v) is 4.09. The molecule has 1 saturated carbocycles. The van der Waals surface area contributed by atoms with Crippen molar-refractivity contribution in [3.05, 3.63) is 30.1 Å². The number of halogens is 1. The van der Waals surface area contributed by atoms with Gasteiger partial charge in [-0.3, -0.25) is 0 Å². The van der Waals surface area contributed by atoms with E-state index in [9.17, 15) is 9.18 Å². The molecular weight excluding hydrogens is 257 g/mol. The highest BCUT2D eigenvalue weighted by Crippen LogP contribution is 2.32. The first-order chi connectivity index (χ1) is 9.61. The zero-order chi connectivity index (χ0) is 14.5. The summed E-state index contributed by atoms with van der Waals surface area (Å²) >= 11 is 0. The number of rotatable bonds is 4. The van der Waals surface area contributed by atoms with Crippen LogP contribution in [0.4, 0.5) is 10.1 Å².